The van der Waals surface area contributed by atoms with Gasteiger partial charge >= 0.3 is 6.36 Å². The summed E-state index contributed by atoms with van der Waals surface area (Å²) in [6.45, 7) is 8.82. The molecule has 0 aliphatic rings. The van der Waals surface area contributed by atoms with Crippen LogP contribution in [0.4, 0.5) is 34.9 Å². The zero-order valence-electron chi connectivity index (χ0n) is 22.7. The number of aryl methyl sites for hydroxylation is 1. The summed E-state index contributed by atoms with van der Waals surface area (Å²) in [6, 6.07) is 17.3. The Hall–Kier alpha value is -4.51. The fraction of sp³-hybridized carbons (Fsp3) is 0.233. The predicted molar refractivity (Wildman–Crippen MR) is 150 cm³/mol. The van der Waals surface area contributed by atoms with Crippen LogP contribution < -0.4 is 15.4 Å². The predicted octanol–water partition coefficient (Wildman–Crippen LogP) is 7.33. The van der Waals surface area contributed by atoms with Crippen molar-refractivity contribution in [1.82, 2.24) is 14.9 Å². The van der Waals surface area contributed by atoms with Gasteiger partial charge in [0.1, 0.15) is 11.4 Å². The molecule has 11 heteroatoms. The lowest BCUT2D eigenvalue weighted by molar-refractivity contribution is -0.274. The molecule has 41 heavy (non-hydrogen) atoms. The van der Waals surface area contributed by atoms with Gasteiger partial charge in [-0.2, -0.15) is 0 Å². The highest BCUT2D eigenvalue weighted by Crippen LogP contribution is 2.28. The van der Waals surface area contributed by atoms with Gasteiger partial charge in [0.15, 0.2) is 5.82 Å². The molecule has 4 rings (SSSR count). The topological polar surface area (TPSA) is 79.4 Å². The van der Waals surface area contributed by atoms with E-state index in [2.05, 4.69) is 50.2 Å². The van der Waals surface area contributed by atoms with Gasteiger partial charge in [0.25, 0.3) is 5.91 Å². The van der Waals surface area contributed by atoms with Gasteiger partial charge in [-0.3, -0.25) is 9.69 Å². The largest absolute Gasteiger partial charge is 0.573 e. The molecule has 0 aliphatic carbocycles. The number of nitrogens with one attached hydrogen (secondary N) is 2. The number of carbonyl (C=O) groups is 1. The van der Waals surface area contributed by atoms with Crippen molar-refractivity contribution in [2.24, 2.45) is 0 Å². The molecule has 2 N–H and O–H groups in total. The van der Waals surface area contributed by atoms with E-state index in [0.717, 1.165) is 54.8 Å². The Morgan fingerprint density at radius 1 is 0.976 bits per heavy atom. The lowest BCUT2D eigenvalue weighted by Gasteiger charge is -2.19. The van der Waals surface area contributed by atoms with Crippen molar-refractivity contribution in [2.75, 3.05) is 23.7 Å². The van der Waals surface area contributed by atoms with Gasteiger partial charge in [-0.05, 0) is 85.7 Å². The number of carbonyl (C=O) groups excluding carboxylic acids is 1. The molecule has 0 radical (unpaired) electrons. The highest BCUT2D eigenvalue weighted by molar-refractivity contribution is 6.04. The molecule has 7 nitrogen and oxygen atoms in total. The number of hydrogen-bond donors (Lipinski definition) is 2. The quantitative estimate of drug-likeness (QED) is 0.196. The Morgan fingerprint density at radius 3 is 2.29 bits per heavy atom. The molecule has 0 bridgehead atoms. The smallest absolute Gasteiger partial charge is 0.406 e. The molecule has 4 aromatic rings. The lowest BCUT2D eigenvalue weighted by atomic mass is 10.1. The molecule has 0 saturated heterocycles. The van der Waals surface area contributed by atoms with Gasteiger partial charge in [0, 0.05) is 29.0 Å². The molecule has 0 fully saturated rings. The van der Waals surface area contributed by atoms with Gasteiger partial charge in [0.05, 0.1) is 6.20 Å². The number of alkyl halides is 3. The number of ether oxygens (including phenoxy) is 1. The maximum atomic E-state index is 14.4. The second kappa shape index (κ2) is 12.8. The van der Waals surface area contributed by atoms with Crippen molar-refractivity contribution in [3.8, 4) is 17.0 Å². The van der Waals surface area contributed by atoms with Crippen molar-refractivity contribution >= 4 is 23.2 Å². The third-order valence-corrected chi connectivity index (χ3v) is 6.36. The number of amides is 1. The Balaban J connectivity index is 1.43. The normalized spacial score (nSPS) is 11.4. The molecule has 0 atom stereocenters. The molecule has 0 saturated carbocycles. The molecule has 0 aliphatic heterocycles. The monoisotopic (exact) mass is 567 g/mol. The number of anilines is 3. The Bertz CT molecular complexity index is 1490. The molecule has 1 heterocycles. The Morgan fingerprint density at radius 2 is 1.66 bits per heavy atom. The molecule has 3 aromatic carbocycles. The summed E-state index contributed by atoms with van der Waals surface area (Å²) in [5.74, 6) is -1.38. The van der Waals surface area contributed by atoms with E-state index >= 15 is 0 Å². The van der Waals surface area contributed by atoms with Gasteiger partial charge in [0.2, 0.25) is 5.95 Å². The second-order valence-electron chi connectivity index (χ2n) is 9.23. The molecule has 214 valence electrons. The third-order valence-electron chi connectivity index (χ3n) is 6.36. The summed E-state index contributed by atoms with van der Waals surface area (Å²) in [5, 5.41) is 5.92. The highest BCUT2D eigenvalue weighted by Gasteiger charge is 2.31. The van der Waals surface area contributed by atoms with Gasteiger partial charge in [-0.1, -0.05) is 26.0 Å². The fourth-order valence-electron chi connectivity index (χ4n) is 4.08. The van der Waals surface area contributed by atoms with Crippen molar-refractivity contribution in [2.45, 2.75) is 33.7 Å². The van der Waals surface area contributed by atoms with Crippen LogP contribution in [0.1, 0.15) is 35.3 Å². The fourth-order valence-corrected chi connectivity index (χ4v) is 4.08. The number of benzene rings is 3. The van der Waals surface area contributed by atoms with E-state index in [0.29, 0.717) is 11.3 Å². The number of halogens is 4. The van der Waals surface area contributed by atoms with E-state index in [1.165, 1.54) is 12.1 Å². The van der Waals surface area contributed by atoms with Crippen LogP contribution >= 0.6 is 0 Å². The minimum absolute atomic E-state index is 0.0647. The van der Waals surface area contributed by atoms with Gasteiger partial charge < -0.3 is 15.4 Å². The van der Waals surface area contributed by atoms with Crippen molar-refractivity contribution < 1.29 is 27.1 Å². The van der Waals surface area contributed by atoms with Crippen LogP contribution in [0.5, 0.6) is 5.75 Å². The number of rotatable bonds is 10. The van der Waals surface area contributed by atoms with E-state index in [-0.39, 0.29) is 23.1 Å². The first-order valence-electron chi connectivity index (χ1n) is 12.9. The van der Waals surface area contributed by atoms with Crippen LogP contribution in [-0.2, 0) is 6.54 Å². The summed E-state index contributed by atoms with van der Waals surface area (Å²) in [4.78, 5) is 23.3. The highest BCUT2D eigenvalue weighted by atomic mass is 19.4. The minimum Gasteiger partial charge on any atom is -0.406 e. The molecule has 1 amide bonds. The number of nitrogens with zero attached hydrogens (tertiary/aromatic N) is 3. The van der Waals surface area contributed by atoms with Crippen LogP contribution in [0.2, 0.25) is 0 Å². The summed E-state index contributed by atoms with van der Waals surface area (Å²) in [5.41, 5.74) is 3.93. The van der Waals surface area contributed by atoms with Crippen molar-refractivity contribution in [3.05, 3.63) is 95.4 Å². The Kier molecular flexibility index (Phi) is 9.18. The van der Waals surface area contributed by atoms with Crippen LogP contribution in [0, 0.1) is 12.7 Å². The summed E-state index contributed by atoms with van der Waals surface area (Å²) >= 11 is 0. The summed E-state index contributed by atoms with van der Waals surface area (Å²) in [6.07, 6.45) is -3.87. The van der Waals surface area contributed by atoms with Crippen molar-refractivity contribution in [3.63, 3.8) is 0 Å². The van der Waals surface area contributed by atoms with E-state index in [9.17, 15) is 22.4 Å². The zero-order valence-corrected chi connectivity index (χ0v) is 22.7. The molecular formula is C30H29F4N5O2. The van der Waals surface area contributed by atoms with Gasteiger partial charge in [-0.25, -0.2) is 14.4 Å². The number of aromatic nitrogens is 2. The van der Waals surface area contributed by atoms with Crippen molar-refractivity contribution in [1.29, 1.82) is 0 Å². The maximum Gasteiger partial charge on any atom is 0.573 e. The average Bonchev–Trinajstić information content (AvgIpc) is 2.94. The molecule has 1 aromatic heterocycles. The first kappa shape index (κ1) is 29.5. The zero-order chi connectivity index (χ0) is 29.6. The summed E-state index contributed by atoms with van der Waals surface area (Å²) < 4.78 is 55.5. The number of hydrogen-bond acceptors (Lipinski definition) is 6. The molecule has 0 spiro atoms. The summed E-state index contributed by atoms with van der Waals surface area (Å²) in [7, 11) is 0. The van der Waals surface area contributed by atoms with E-state index in [4.69, 9.17) is 0 Å². The lowest BCUT2D eigenvalue weighted by Crippen LogP contribution is -2.22. The first-order valence-corrected chi connectivity index (χ1v) is 12.9. The van der Waals surface area contributed by atoms with E-state index < -0.39 is 17.9 Å². The standard InChI is InChI=1S/C30H29F4N5O2/c1-4-39(5-2)18-20-7-6-19(3)26(16-20)37-28(40)22-8-12-23(13-9-22)36-29-35-17-25(31)27(38-29)21-10-14-24(15-11-21)41-30(32,33)34/h6-17H,4-5,18H2,1-3H3,(H,37,40)(H,35,36,38). The minimum atomic E-state index is -4.83. The first-order chi connectivity index (χ1) is 19.5. The van der Waals surface area contributed by atoms with Gasteiger partial charge in [-0.15, -0.1) is 13.2 Å². The molecular weight excluding hydrogens is 538 g/mol. The maximum absolute atomic E-state index is 14.4. The second-order valence-corrected chi connectivity index (χ2v) is 9.23. The average molecular weight is 568 g/mol. The van der Waals surface area contributed by atoms with Crippen LogP contribution in [0.3, 0.4) is 0 Å². The van der Waals surface area contributed by atoms with Crippen LogP contribution in [0.15, 0.2) is 72.9 Å². The molecule has 0 unspecified atom stereocenters. The van der Waals surface area contributed by atoms with E-state index in [1.807, 2.05) is 19.1 Å². The van der Waals surface area contributed by atoms with E-state index in [1.54, 1.807) is 24.3 Å². The van der Waals surface area contributed by atoms with Crippen LogP contribution in [0.25, 0.3) is 11.3 Å². The van der Waals surface area contributed by atoms with Crippen LogP contribution in [-0.4, -0.2) is 40.2 Å². The third kappa shape index (κ3) is 8.01. The Labute approximate surface area is 235 Å². The SMILES string of the molecule is CCN(CC)Cc1ccc(C)c(NC(=O)c2ccc(Nc3ncc(F)c(-c4ccc(OC(F)(F)F)cc4)n3)cc2)c1.